The molecule has 1 aromatic carbocycles. The standard InChI is InChI=1S/C16H21N3O2/c1-4-21-13-8-12(15(13)20-3)19-16-11-7-5-6-10(2)14(11)17-9-18-16/h5-7,9,12-13,15H,4,8H2,1-3H3,(H,17,18,19)/t12-,13+,15+/m0/s1. The zero-order valence-corrected chi connectivity index (χ0v) is 12.7. The van der Waals surface area contributed by atoms with E-state index < -0.39 is 0 Å². The largest absolute Gasteiger partial charge is 0.377 e. The second-order valence-corrected chi connectivity index (χ2v) is 5.37. The second kappa shape index (κ2) is 5.95. The highest BCUT2D eigenvalue weighted by molar-refractivity contribution is 5.90. The maximum Gasteiger partial charge on any atom is 0.137 e. The number of anilines is 1. The Morgan fingerprint density at radius 2 is 2.19 bits per heavy atom. The van der Waals surface area contributed by atoms with Crippen LogP contribution in [0.1, 0.15) is 18.9 Å². The molecule has 1 saturated carbocycles. The minimum absolute atomic E-state index is 0.0692. The van der Waals surface area contributed by atoms with Crippen molar-refractivity contribution in [1.29, 1.82) is 0 Å². The van der Waals surface area contributed by atoms with Crippen molar-refractivity contribution < 1.29 is 9.47 Å². The van der Waals surface area contributed by atoms with Crippen LogP contribution < -0.4 is 5.32 Å². The van der Waals surface area contributed by atoms with Gasteiger partial charge in [0.05, 0.1) is 17.7 Å². The van der Waals surface area contributed by atoms with Gasteiger partial charge in [-0.3, -0.25) is 0 Å². The first-order valence-corrected chi connectivity index (χ1v) is 7.35. The number of para-hydroxylation sites is 1. The van der Waals surface area contributed by atoms with E-state index in [1.54, 1.807) is 13.4 Å². The first kappa shape index (κ1) is 14.2. The van der Waals surface area contributed by atoms with Crippen molar-refractivity contribution in [1.82, 2.24) is 9.97 Å². The number of nitrogens with one attached hydrogen (secondary N) is 1. The molecule has 0 radical (unpaired) electrons. The summed E-state index contributed by atoms with van der Waals surface area (Å²) in [7, 11) is 1.73. The lowest BCUT2D eigenvalue weighted by Gasteiger charge is -2.43. The van der Waals surface area contributed by atoms with Gasteiger partial charge >= 0.3 is 0 Å². The summed E-state index contributed by atoms with van der Waals surface area (Å²) in [5.74, 6) is 0.866. The third-order valence-electron chi connectivity index (χ3n) is 4.09. The summed E-state index contributed by atoms with van der Waals surface area (Å²) in [6, 6.07) is 6.37. The molecule has 0 spiro atoms. The zero-order chi connectivity index (χ0) is 14.8. The van der Waals surface area contributed by atoms with Crippen LogP contribution in [0.4, 0.5) is 5.82 Å². The molecule has 1 heterocycles. The molecule has 3 atom stereocenters. The summed E-state index contributed by atoms with van der Waals surface area (Å²) >= 11 is 0. The molecule has 5 heteroatoms. The molecule has 3 rings (SSSR count). The fourth-order valence-corrected chi connectivity index (χ4v) is 2.94. The van der Waals surface area contributed by atoms with Crippen molar-refractivity contribution in [3.8, 4) is 0 Å². The normalized spacial score (nSPS) is 24.8. The van der Waals surface area contributed by atoms with Crippen molar-refractivity contribution in [2.75, 3.05) is 19.0 Å². The zero-order valence-electron chi connectivity index (χ0n) is 12.7. The van der Waals surface area contributed by atoms with Gasteiger partial charge in [-0.25, -0.2) is 9.97 Å². The number of ether oxygens (including phenoxy) is 2. The molecule has 1 fully saturated rings. The summed E-state index contributed by atoms with van der Waals surface area (Å²) in [6.07, 6.45) is 2.79. The summed E-state index contributed by atoms with van der Waals surface area (Å²) < 4.78 is 11.2. The van der Waals surface area contributed by atoms with Crippen molar-refractivity contribution in [3.05, 3.63) is 30.1 Å². The van der Waals surface area contributed by atoms with E-state index in [9.17, 15) is 0 Å². The number of rotatable bonds is 5. The Kier molecular flexibility index (Phi) is 4.03. The highest BCUT2D eigenvalue weighted by Gasteiger charge is 2.42. The average molecular weight is 287 g/mol. The maximum atomic E-state index is 5.66. The molecule has 1 N–H and O–H groups in total. The van der Waals surface area contributed by atoms with Crippen LogP contribution in [0, 0.1) is 6.92 Å². The number of aryl methyl sites for hydroxylation is 1. The van der Waals surface area contributed by atoms with Gasteiger partial charge in [0.25, 0.3) is 0 Å². The Morgan fingerprint density at radius 1 is 1.33 bits per heavy atom. The lowest BCUT2D eigenvalue weighted by Crippen LogP contribution is -2.56. The van der Waals surface area contributed by atoms with Gasteiger partial charge in [0, 0.05) is 19.1 Å². The number of fused-ring (bicyclic) bond motifs is 1. The first-order chi connectivity index (χ1) is 10.2. The van der Waals surface area contributed by atoms with Gasteiger partial charge in [0.1, 0.15) is 18.2 Å². The molecular formula is C16H21N3O2. The van der Waals surface area contributed by atoms with E-state index in [4.69, 9.17) is 9.47 Å². The van der Waals surface area contributed by atoms with E-state index in [0.29, 0.717) is 6.61 Å². The van der Waals surface area contributed by atoms with Crippen LogP contribution in [0.5, 0.6) is 0 Å². The van der Waals surface area contributed by atoms with Crippen LogP contribution in [0.15, 0.2) is 24.5 Å². The van der Waals surface area contributed by atoms with Gasteiger partial charge in [0.2, 0.25) is 0 Å². The summed E-state index contributed by atoms with van der Waals surface area (Å²) in [4.78, 5) is 8.76. The van der Waals surface area contributed by atoms with Gasteiger partial charge in [-0.15, -0.1) is 0 Å². The third-order valence-corrected chi connectivity index (χ3v) is 4.09. The first-order valence-electron chi connectivity index (χ1n) is 7.35. The van der Waals surface area contributed by atoms with E-state index in [1.807, 2.05) is 19.1 Å². The number of benzene rings is 1. The Balaban J connectivity index is 1.81. The Labute approximate surface area is 124 Å². The lowest BCUT2D eigenvalue weighted by atomic mass is 9.85. The highest BCUT2D eigenvalue weighted by atomic mass is 16.5. The lowest BCUT2D eigenvalue weighted by molar-refractivity contribution is -0.118. The predicted molar refractivity (Wildman–Crippen MR) is 82.5 cm³/mol. The Hall–Kier alpha value is -1.72. The van der Waals surface area contributed by atoms with Gasteiger partial charge in [0.15, 0.2) is 0 Å². The number of hydrogen-bond acceptors (Lipinski definition) is 5. The predicted octanol–water partition coefficient (Wildman–Crippen LogP) is 2.54. The quantitative estimate of drug-likeness (QED) is 0.916. The molecule has 1 aliphatic carbocycles. The van der Waals surface area contributed by atoms with E-state index in [0.717, 1.165) is 28.7 Å². The Morgan fingerprint density at radius 3 is 2.95 bits per heavy atom. The number of hydrogen-bond donors (Lipinski definition) is 1. The molecule has 1 aromatic heterocycles. The second-order valence-electron chi connectivity index (χ2n) is 5.37. The molecular weight excluding hydrogens is 266 g/mol. The molecule has 0 amide bonds. The van der Waals surface area contributed by atoms with Gasteiger partial charge in [-0.05, 0) is 31.9 Å². The monoisotopic (exact) mass is 287 g/mol. The van der Waals surface area contributed by atoms with Crippen molar-refractivity contribution in [2.45, 2.75) is 38.5 Å². The van der Waals surface area contributed by atoms with Crippen LogP contribution in [-0.2, 0) is 9.47 Å². The topological polar surface area (TPSA) is 56.3 Å². The maximum absolute atomic E-state index is 5.66. The van der Waals surface area contributed by atoms with Gasteiger partial charge < -0.3 is 14.8 Å². The van der Waals surface area contributed by atoms with E-state index in [2.05, 4.69) is 28.3 Å². The van der Waals surface area contributed by atoms with Crippen LogP contribution in [0.3, 0.4) is 0 Å². The molecule has 0 unspecified atom stereocenters. The van der Waals surface area contributed by atoms with E-state index in [-0.39, 0.29) is 18.2 Å². The minimum atomic E-state index is 0.0692. The molecule has 21 heavy (non-hydrogen) atoms. The van der Waals surface area contributed by atoms with Gasteiger partial charge in [-0.1, -0.05) is 12.1 Å². The number of aromatic nitrogens is 2. The van der Waals surface area contributed by atoms with Gasteiger partial charge in [-0.2, -0.15) is 0 Å². The fourth-order valence-electron chi connectivity index (χ4n) is 2.94. The minimum Gasteiger partial charge on any atom is -0.377 e. The molecule has 5 nitrogen and oxygen atoms in total. The average Bonchev–Trinajstić information content (AvgIpc) is 2.47. The summed E-state index contributed by atoms with van der Waals surface area (Å²) in [5.41, 5.74) is 2.15. The molecule has 0 aliphatic heterocycles. The van der Waals surface area contributed by atoms with Crippen LogP contribution in [-0.4, -0.2) is 41.9 Å². The smallest absolute Gasteiger partial charge is 0.137 e. The molecule has 1 aliphatic rings. The van der Waals surface area contributed by atoms with Crippen LogP contribution in [0.25, 0.3) is 10.9 Å². The molecule has 0 bridgehead atoms. The van der Waals surface area contributed by atoms with Crippen molar-refractivity contribution >= 4 is 16.7 Å². The molecule has 2 aromatic rings. The molecule has 112 valence electrons. The van der Waals surface area contributed by atoms with Crippen molar-refractivity contribution in [3.63, 3.8) is 0 Å². The fraction of sp³-hybridized carbons (Fsp3) is 0.500. The number of methoxy groups -OCH3 is 1. The SMILES string of the molecule is CCO[C@@H]1C[C@H](Nc2ncnc3c(C)cccc23)[C@H]1OC. The van der Waals surface area contributed by atoms with E-state index in [1.165, 1.54) is 0 Å². The van der Waals surface area contributed by atoms with Crippen molar-refractivity contribution in [2.24, 2.45) is 0 Å². The summed E-state index contributed by atoms with van der Waals surface area (Å²) in [5, 5.41) is 4.53. The number of nitrogens with zero attached hydrogens (tertiary/aromatic N) is 2. The van der Waals surface area contributed by atoms with Crippen LogP contribution >= 0.6 is 0 Å². The highest BCUT2D eigenvalue weighted by Crippen LogP contribution is 2.31. The van der Waals surface area contributed by atoms with Crippen LogP contribution in [0.2, 0.25) is 0 Å². The summed E-state index contributed by atoms with van der Waals surface area (Å²) in [6.45, 7) is 4.78. The Bertz CT molecular complexity index is 632. The molecule has 0 saturated heterocycles. The third kappa shape index (κ3) is 2.59. The van der Waals surface area contributed by atoms with E-state index >= 15 is 0 Å².